The summed E-state index contributed by atoms with van der Waals surface area (Å²) in [6, 6.07) is 0. The highest BCUT2D eigenvalue weighted by Crippen LogP contribution is 2.55. The highest BCUT2D eigenvalue weighted by Gasteiger charge is 2.44. The van der Waals surface area contributed by atoms with Gasteiger partial charge in [0.25, 0.3) is 0 Å². The Morgan fingerprint density at radius 2 is 2.09 bits per heavy atom. The van der Waals surface area contributed by atoms with E-state index in [4.69, 9.17) is 4.74 Å². The van der Waals surface area contributed by atoms with Crippen molar-refractivity contribution in [2.75, 3.05) is 5.75 Å². The second kappa shape index (κ2) is 10.8. The number of fused-ring (bicyclic) bond motifs is 1. The second-order valence-corrected chi connectivity index (χ2v) is 12.9. The summed E-state index contributed by atoms with van der Waals surface area (Å²) < 4.78 is 5.36. The number of carbonyl (C=O) groups is 1. The van der Waals surface area contributed by atoms with Crippen molar-refractivity contribution in [3.8, 4) is 0 Å². The van der Waals surface area contributed by atoms with Crippen molar-refractivity contribution in [2.45, 2.75) is 109 Å². The van der Waals surface area contributed by atoms with Crippen molar-refractivity contribution in [3.63, 3.8) is 0 Å². The molecule has 0 aromatic carbocycles. The van der Waals surface area contributed by atoms with E-state index in [2.05, 4.69) is 38.7 Å². The minimum absolute atomic E-state index is 0.212. The minimum Gasteiger partial charge on any atom is -0.460 e. The molecule has 5 heteroatoms. The Morgan fingerprint density at radius 3 is 2.76 bits per heavy atom. The number of carbonyl (C=O) groups excluding carboxylic acids is 1. The average Bonchev–Trinajstić information content (AvgIpc) is 3.08. The van der Waals surface area contributed by atoms with E-state index in [1.54, 1.807) is 5.57 Å². The zero-order valence-corrected chi connectivity index (χ0v) is 22.6. The lowest BCUT2D eigenvalue weighted by molar-refractivity contribution is -0.154. The van der Waals surface area contributed by atoms with Gasteiger partial charge in [-0.05, 0) is 87.5 Å². The maximum atomic E-state index is 11.9. The molecule has 0 unspecified atom stereocenters. The Labute approximate surface area is 210 Å². The normalized spacial score (nSPS) is 34.3. The van der Waals surface area contributed by atoms with Crippen LogP contribution in [0.1, 0.15) is 92.4 Å². The maximum Gasteiger partial charge on any atom is 0.306 e. The zero-order valence-electron chi connectivity index (χ0n) is 21.8. The fourth-order valence-electron chi connectivity index (χ4n) is 5.93. The molecule has 3 aliphatic carbocycles. The van der Waals surface area contributed by atoms with Crippen molar-refractivity contribution in [2.24, 2.45) is 11.3 Å². The maximum absolute atomic E-state index is 11.9. The minimum atomic E-state index is -1.05. The van der Waals surface area contributed by atoms with Crippen LogP contribution in [0.15, 0.2) is 47.1 Å². The third-order valence-corrected chi connectivity index (χ3v) is 9.04. The Morgan fingerprint density at radius 1 is 1.35 bits per heavy atom. The van der Waals surface area contributed by atoms with Crippen molar-refractivity contribution in [3.05, 3.63) is 47.1 Å². The van der Waals surface area contributed by atoms with Crippen LogP contribution < -0.4 is 0 Å². The van der Waals surface area contributed by atoms with Crippen LogP contribution in [0.25, 0.3) is 0 Å². The quantitative estimate of drug-likeness (QED) is 0.182. The average molecular weight is 489 g/mol. The first-order valence-corrected chi connectivity index (χ1v) is 13.9. The summed E-state index contributed by atoms with van der Waals surface area (Å²) in [6.45, 7) is 14.4. The van der Waals surface area contributed by atoms with E-state index < -0.39 is 16.6 Å². The lowest BCUT2D eigenvalue weighted by Gasteiger charge is -2.41. The zero-order chi connectivity index (χ0) is 25.1. The lowest BCUT2D eigenvalue weighted by Crippen LogP contribution is -2.37. The number of hydrogen-bond donors (Lipinski definition) is 2. The van der Waals surface area contributed by atoms with Gasteiger partial charge in [-0.2, -0.15) is 0 Å². The molecule has 0 aliphatic heterocycles. The molecule has 0 amide bonds. The molecule has 4 atom stereocenters. The van der Waals surface area contributed by atoms with Crippen LogP contribution in [0, 0.1) is 11.3 Å². The molecular weight excluding hydrogens is 444 g/mol. The van der Waals surface area contributed by atoms with Crippen molar-refractivity contribution >= 4 is 17.7 Å². The molecule has 0 spiro atoms. The number of aliphatic hydroxyl groups is 2. The summed E-state index contributed by atoms with van der Waals surface area (Å²) in [5, 5.41) is 21.9. The predicted octanol–water partition coefficient (Wildman–Crippen LogP) is 6.64. The highest BCUT2D eigenvalue weighted by molar-refractivity contribution is 8.00. The fraction of sp³-hybridized carbons (Fsp3) is 0.690. The molecule has 4 nitrogen and oxygen atoms in total. The van der Waals surface area contributed by atoms with Gasteiger partial charge in [-0.15, -0.1) is 11.8 Å². The summed E-state index contributed by atoms with van der Waals surface area (Å²) in [5.41, 5.74) is 4.54. The number of hydrogen-bond acceptors (Lipinski definition) is 5. The van der Waals surface area contributed by atoms with Crippen LogP contribution in [0.3, 0.4) is 0 Å². The summed E-state index contributed by atoms with van der Waals surface area (Å²) in [4.78, 5) is 10.9. The molecule has 34 heavy (non-hydrogen) atoms. The number of ether oxygens (including phenoxy) is 1. The van der Waals surface area contributed by atoms with E-state index in [-0.39, 0.29) is 17.8 Å². The summed E-state index contributed by atoms with van der Waals surface area (Å²) in [5.74, 6) is 0.988. The van der Waals surface area contributed by atoms with Gasteiger partial charge in [0.1, 0.15) is 10.5 Å². The van der Waals surface area contributed by atoms with Gasteiger partial charge in [-0.25, -0.2) is 0 Å². The molecular formula is C29H44O4S. The second-order valence-electron chi connectivity index (χ2n) is 11.5. The van der Waals surface area contributed by atoms with Crippen molar-refractivity contribution in [1.82, 2.24) is 0 Å². The molecule has 2 saturated carbocycles. The van der Waals surface area contributed by atoms with Gasteiger partial charge in [0, 0.05) is 19.3 Å². The smallest absolute Gasteiger partial charge is 0.306 e. The molecule has 0 saturated heterocycles. The SMILES string of the molecule is C=C1C(=CC=C2CCC[C@]3(C)C(CC)=CC[C@@H]23)C[C@](O)(SCCCC(=O)OC(C)(C)C)C[C@@H]1O. The van der Waals surface area contributed by atoms with Gasteiger partial charge in [-0.3, -0.25) is 4.79 Å². The van der Waals surface area contributed by atoms with E-state index in [1.165, 1.54) is 30.2 Å². The highest BCUT2D eigenvalue weighted by atomic mass is 32.2. The molecule has 2 N–H and O–H groups in total. The Bertz CT molecular complexity index is 877. The first-order valence-electron chi connectivity index (χ1n) is 12.9. The predicted molar refractivity (Wildman–Crippen MR) is 141 cm³/mol. The van der Waals surface area contributed by atoms with E-state index in [9.17, 15) is 15.0 Å². The van der Waals surface area contributed by atoms with Gasteiger partial charge in [0.05, 0.1) is 6.10 Å². The van der Waals surface area contributed by atoms with Gasteiger partial charge in [-0.1, -0.05) is 49.8 Å². The standard InChI is InChI=1S/C29H44O4S/c1-7-23-14-15-24-21(10-8-16-28(23,24)6)12-13-22-18-29(32,19-25(30)20(22)2)34-17-9-11-26(31)33-27(3,4)5/h12-14,24-25,30,32H,2,7-11,15-19H2,1,3-6H3/t24-,25-,28+,29-/m0/s1. The van der Waals surface area contributed by atoms with Crippen LogP contribution in [0.2, 0.25) is 0 Å². The van der Waals surface area contributed by atoms with Crippen molar-refractivity contribution < 1.29 is 19.7 Å². The first kappa shape index (κ1) is 27.3. The van der Waals surface area contributed by atoms with Crippen molar-refractivity contribution in [1.29, 1.82) is 0 Å². The molecule has 0 bridgehead atoms. The molecule has 2 fully saturated rings. The Balaban J connectivity index is 1.63. The van der Waals surface area contributed by atoms with Crippen LogP contribution >= 0.6 is 11.8 Å². The number of thioether (sulfide) groups is 1. The number of allylic oxidation sites excluding steroid dienone is 5. The van der Waals surface area contributed by atoms with Crippen LogP contribution in [-0.4, -0.2) is 38.6 Å². The number of aliphatic hydroxyl groups excluding tert-OH is 1. The van der Waals surface area contributed by atoms with Gasteiger partial charge in [0.2, 0.25) is 0 Å². The van der Waals surface area contributed by atoms with Crippen LogP contribution in [-0.2, 0) is 9.53 Å². The van der Waals surface area contributed by atoms with E-state index in [1.807, 2.05) is 20.8 Å². The molecule has 190 valence electrons. The topological polar surface area (TPSA) is 66.8 Å². The summed E-state index contributed by atoms with van der Waals surface area (Å²) >= 11 is 1.43. The molecule has 0 radical (unpaired) electrons. The Kier molecular flexibility index (Phi) is 8.63. The number of esters is 1. The molecule has 3 aliphatic rings. The first-order chi connectivity index (χ1) is 15.9. The van der Waals surface area contributed by atoms with Gasteiger partial charge < -0.3 is 14.9 Å². The van der Waals surface area contributed by atoms with Crippen LogP contribution in [0.5, 0.6) is 0 Å². The van der Waals surface area contributed by atoms with E-state index in [0.29, 0.717) is 36.5 Å². The fourth-order valence-corrected chi connectivity index (χ4v) is 7.13. The summed E-state index contributed by atoms with van der Waals surface area (Å²) in [6.07, 6.45) is 13.6. The Hall–Kier alpha value is -1.30. The third-order valence-electron chi connectivity index (χ3n) is 7.70. The van der Waals surface area contributed by atoms with E-state index >= 15 is 0 Å². The molecule has 0 aromatic rings. The molecule has 0 heterocycles. The van der Waals surface area contributed by atoms with Gasteiger partial charge >= 0.3 is 5.97 Å². The number of rotatable bonds is 7. The monoisotopic (exact) mass is 488 g/mol. The third kappa shape index (κ3) is 6.47. The van der Waals surface area contributed by atoms with Gasteiger partial charge in [0.15, 0.2) is 0 Å². The van der Waals surface area contributed by atoms with E-state index in [0.717, 1.165) is 24.8 Å². The molecule has 0 aromatic heterocycles. The summed E-state index contributed by atoms with van der Waals surface area (Å²) in [7, 11) is 0. The van der Waals surface area contributed by atoms with Crippen LogP contribution in [0.4, 0.5) is 0 Å². The molecule has 3 rings (SSSR count). The lowest BCUT2D eigenvalue weighted by atomic mass is 9.64. The largest absolute Gasteiger partial charge is 0.460 e.